The van der Waals surface area contributed by atoms with Crippen molar-refractivity contribution in [2.24, 2.45) is 5.73 Å². The van der Waals surface area contributed by atoms with Gasteiger partial charge in [0.2, 0.25) is 5.91 Å². The molecule has 3 heterocycles. The molecule has 276 valence electrons. The second-order valence-electron chi connectivity index (χ2n) is 11.0. The van der Waals surface area contributed by atoms with Crippen LogP contribution in [-0.4, -0.2) is 209 Å². The molecule has 0 saturated carbocycles. The Morgan fingerprint density at radius 1 is 0.936 bits per heavy atom. The molecule has 22 nitrogen and oxygen atoms in total. The lowest BCUT2D eigenvalue weighted by molar-refractivity contribution is -0.364. The maximum atomic E-state index is 12.3. The zero-order chi connectivity index (χ0) is 35.8. The Labute approximate surface area is 267 Å². The van der Waals surface area contributed by atoms with Crippen LogP contribution in [0.25, 0.3) is 0 Å². The molecule has 1 amide bonds. The van der Waals surface area contributed by atoms with Crippen molar-refractivity contribution in [1.29, 1.82) is 0 Å². The average molecular weight is 695 g/mol. The van der Waals surface area contributed by atoms with E-state index in [1.807, 2.05) is 0 Å². The van der Waals surface area contributed by atoms with Crippen molar-refractivity contribution in [1.82, 2.24) is 5.32 Å². The van der Waals surface area contributed by atoms with Crippen LogP contribution in [0.3, 0.4) is 0 Å². The topological polar surface area (TPSA) is 381 Å². The molecule has 3 rings (SSSR count). The van der Waals surface area contributed by atoms with Crippen molar-refractivity contribution in [3.8, 4) is 0 Å². The van der Waals surface area contributed by atoms with Gasteiger partial charge in [0.25, 0.3) is 5.79 Å². The number of carbonyl (C=O) groups is 2. The van der Waals surface area contributed by atoms with Gasteiger partial charge in [0.05, 0.1) is 38.6 Å². The molecule has 0 aliphatic carbocycles. The van der Waals surface area contributed by atoms with Crippen LogP contribution in [0, 0.1) is 0 Å². The first-order valence-corrected chi connectivity index (χ1v) is 14.4. The van der Waals surface area contributed by atoms with E-state index in [1.54, 1.807) is 0 Å². The van der Waals surface area contributed by atoms with Gasteiger partial charge >= 0.3 is 5.97 Å². The Hall–Kier alpha value is -1.78. The Morgan fingerprint density at radius 2 is 1.55 bits per heavy atom. The number of hydrogen-bond acceptors (Lipinski definition) is 20. The number of rotatable bonds is 12. The van der Waals surface area contributed by atoms with E-state index in [0.29, 0.717) is 6.54 Å². The number of hydrogen-bond donors (Lipinski definition) is 15. The van der Waals surface area contributed by atoms with E-state index in [2.05, 4.69) is 5.32 Å². The minimum atomic E-state index is -2.83. The lowest BCUT2D eigenvalue weighted by atomic mass is 9.88. The molecule has 22 heteroatoms. The quantitative estimate of drug-likeness (QED) is 0.0901. The fourth-order valence-corrected chi connectivity index (χ4v) is 5.05. The summed E-state index contributed by atoms with van der Waals surface area (Å²) in [6.45, 7) is -1.29. The standard InChI is InChI=1S/C23H39NO19.C2H7NO/c1-6(27)24-11-7(28)2-23(22(37)38,43-19(11)12(30)8(29)3-25)39-5-10-13(31)14(32)17(35)21(41-10)42-18-9(4-26)40-20(36)16(34)15(18)33;3-1-2-4/h7-21,25-26,28-36H,2-5H2,1H3,(H,24,27)(H,37,38);4H,1-3H2/t7-,8+,9+,10+,11+,12+,13-,14-,15+,16+,17+,18+,19+,20+,21-,23+;/m0./s1. The molecule has 0 spiro atoms. The molecular formula is C25H46N2O20. The number of aliphatic hydroxyl groups is 12. The van der Waals surface area contributed by atoms with Crippen molar-refractivity contribution >= 4 is 11.9 Å². The minimum absolute atomic E-state index is 0.0972. The van der Waals surface area contributed by atoms with Gasteiger partial charge in [-0.15, -0.1) is 0 Å². The minimum Gasteiger partial charge on any atom is -0.477 e. The van der Waals surface area contributed by atoms with Crippen LogP contribution in [0.1, 0.15) is 13.3 Å². The highest BCUT2D eigenvalue weighted by atomic mass is 16.8. The maximum Gasteiger partial charge on any atom is 0.364 e. The van der Waals surface area contributed by atoms with Gasteiger partial charge in [-0.25, -0.2) is 4.79 Å². The number of carboxylic acid groups (broad SMARTS) is 1. The first-order valence-electron chi connectivity index (χ1n) is 14.4. The number of aliphatic hydroxyl groups excluding tert-OH is 12. The zero-order valence-corrected chi connectivity index (χ0v) is 25.2. The fraction of sp³-hybridized carbons (Fsp3) is 0.920. The van der Waals surface area contributed by atoms with Crippen LogP contribution >= 0.6 is 0 Å². The van der Waals surface area contributed by atoms with Crippen LogP contribution in [-0.2, 0) is 33.3 Å². The molecule has 0 unspecified atom stereocenters. The molecule has 3 fully saturated rings. The highest BCUT2D eigenvalue weighted by molar-refractivity contribution is 5.76. The van der Waals surface area contributed by atoms with Gasteiger partial charge < -0.3 is 101 Å². The molecule has 3 aliphatic rings. The lowest BCUT2D eigenvalue weighted by Gasteiger charge is -2.48. The fourth-order valence-electron chi connectivity index (χ4n) is 5.05. The highest BCUT2D eigenvalue weighted by Gasteiger charge is 2.57. The highest BCUT2D eigenvalue weighted by Crippen LogP contribution is 2.35. The van der Waals surface area contributed by atoms with Gasteiger partial charge in [0, 0.05) is 19.9 Å². The zero-order valence-electron chi connectivity index (χ0n) is 25.2. The summed E-state index contributed by atoms with van der Waals surface area (Å²) in [7, 11) is 0. The van der Waals surface area contributed by atoms with Gasteiger partial charge in [0.15, 0.2) is 12.6 Å². The molecule has 16 atom stereocenters. The normalized spacial score (nSPS) is 42.0. The molecule has 0 bridgehead atoms. The van der Waals surface area contributed by atoms with Gasteiger partial charge in [-0.2, -0.15) is 0 Å². The molecule has 3 saturated heterocycles. The Morgan fingerprint density at radius 3 is 2.06 bits per heavy atom. The van der Waals surface area contributed by atoms with Gasteiger partial charge in [-0.1, -0.05) is 0 Å². The number of carboxylic acids is 1. The summed E-state index contributed by atoms with van der Waals surface area (Å²) < 4.78 is 26.7. The maximum absolute atomic E-state index is 12.3. The second kappa shape index (κ2) is 18.3. The Balaban J connectivity index is 0.00000181. The summed E-state index contributed by atoms with van der Waals surface area (Å²) in [4.78, 5) is 24.0. The second-order valence-corrected chi connectivity index (χ2v) is 11.0. The monoisotopic (exact) mass is 694 g/mol. The van der Waals surface area contributed by atoms with Crippen molar-refractivity contribution in [3.05, 3.63) is 0 Å². The van der Waals surface area contributed by atoms with E-state index in [9.17, 15) is 70.9 Å². The molecule has 0 radical (unpaired) electrons. The SMILES string of the molecule is CC(=O)N[C@H]1[C@H]([C@H](O)[C@H](O)CO)O[C@@](OC[C@H]2O[C@@H](O[C@H]3[C@H](O)[C@@H](O)[C@H](O)O[C@@H]3CO)[C@H](O)[C@@H](O)[C@H]2O)(C(=O)O)C[C@@H]1O.NCCO. The van der Waals surface area contributed by atoms with Crippen molar-refractivity contribution in [2.45, 2.75) is 111 Å². The van der Waals surface area contributed by atoms with E-state index in [-0.39, 0.29) is 6.61 Å². The van der Waals surface area contributed by atoms with E-state index in [1.165, 1.54) is 0 Å². The van der Waals surface area contributed by atoms with E-state index in [4.69, 9.17) is 34.5 Å². The van der Waals surface area contributed by atoms with E-state index in [0.717, 1.165) is 6.92 Å². The summed E-state index contributed by atoms with van der Waals surface area (Å²) in [5.41, 5.74) is 4.78. The average Bonchev–Trinajstić information content (AvgIpc) is 3.04. The molecule has 0 aromatic rings. The number of nitrogens with two attached hydrogens (primary N) is 1. The number of amides is 1. The third kappa shape index (κ3) is 9.90. The first-order chi connectivity index (χ1) is 22.0. The van der Waals surface area contributed by atoms with Crippen LogP contribution in [0.15, 0.2) is 0 Å². The summed E-state index contributed by atoms with van der Waals surface area (Å²) in [6.07, 6.45) is -27.0. The molecule has 47 heavy (non-hydrogen) atoms. The molecule has 0 aromatic heterocycles. The van der Waals surface area contributed by atoms with Crippen LogP contribution in [0.5, 0.6) is 0 Å². The van der Waals surface area contributed by atoms with Gasteiger partial charge in [-0.3, -0.25) is 4.79 Å². The number of ether oxygens (including phenoxy) is 5. The summed E-state index contributed by atoms with van der Waals surface area (Å²) >= 11 is 0. The summed E-state index contributed by atoms with van der Waals surface area (Å²) in [6, 6.07) is -1.48. The number of nitrogens with one attached hydrogen (secondary N) is 1. The predicted octanol–water partition coefficient (Wildman–Crippen LogP) is -9.29. The first kappa shape index (κ1) is 41.4. The molecular weight excluding hydrogens is 648 g/mol. The van der Waals surface area contributed by atoms with Crippen molar-refractivity contribution in [3.63, 3.8) is 0 Å². The number of aliphatic carboxylic acids is 1. The molecule has 0 aromatic carbocycles. The largest absolute Gasteiger partial charge is 0.477 e. The van der Waals surface area contributed by atoms with Crippen molar-refractivity contribution in [2.75, 3.05) is 33.0 Å². The molecule has 16 N–H and O–H groups in total. The third-order valence-electron chi connectivity index (χ3n) is 7.60. The van der Waals surface area contributed by atoms with Gasteiger partial charge in [-0.05, 0) is 0 Å². The predicted molar refractivity (Wildman–Crippen MR) is 146 cm³/mol. The lowest BCUT2D eigenvalue weighted by Crippen LogP contribution is -2.68. The Bertz CT molecular complexity index is 979. The van der Waals surface area contributed by atoms with Gasteiger partial charge in [0.1, 0.15) is 67.1 Å². The van der Waals surface area contributed by atoms with Crippen LogP contribution < -0.4 is 11.1 Å². The van der Waals surface area contributed by atoms with E-state index < -0.39 is 136 Å². The third-order valence-corrected chi connectivity index (χ3v) is 7.60. The van der Waals surface area contributed by atoms with E-state index >= 15 is 0 Å². The smallest absolute Gasteiger partial charge is 0.364 e. The number of carbonyl (C=O) groups excluding carboxylic acids is 1. The summed E-state index contributed by atoms with van der Waals surface area (Å²) in [5.74, 6) is -5.42. The van der Waals surface area contributed by atoms with Crippen molar-refractivity contribution < 1.29 is 99.7 Å². The summed E-state index contributed by atoms with van der Waals surface area (Å²) in [5, 5.41) is 131. The molecule has 3 aliphatic heterocycles. The Kier molecular flexibility index (Phi) is 16.1. The van der Waals surface area contributed by atoms with Crippen LogP contribution in [0.4, 0.5) is 0 Å². The van der Waals surface area contributed by atoms with Crippen LogP contribution in [0.2, 0.25) is 0 Å².